The van der Waals surface area contributed by atoms with E-state index in [1.54, 1.807) is 19.9 Å². The second kappa shape index (κ2) is 8.13. The van der Waals surface area contributed by atoms with Crippen LogP contribution in [0.15, 0.2) is 48.4 Å². The van der Waals surface area contributed by atoms with Crippen LogP contribution in [-0.4, -0.2) is 32.1 Å². The molecule has 9 heteroatoms. The lowest BCUT2D eigenvalue weighted by Crippen LogP contribution is -2.34. The Kier molecular flexibility index (Phi) is 5.65. The van der Waals surface area contributed by atoms with Crippen molar-refractivity contribution in [3.05, 3.63) is 69.9 Å². The number of amides is 1. The Labute approximate surface area is 165 Å². The topological polar surface area (TPSA) is 94.2 Å². The Morgan fingerprint density at radius 3 is 2.68 bits per heavy atom. The van der Waals surface area contributed by atoms with E-state index in [-0.39, 0.29) is 30.4 Å². The van der Waals surface area contributed by atoms with Gasteiger partial charge in [0.15, 0.2) is 5.13 Å². The average Bonchev–Trinajstić information content (AvgIpc) is 3.25. The van der Waals surface area contributed by atoms with E-state index in [9.17, 15) is 14.9 Å². The lowest BCUT2D eigenvalue weighted by Gasteiger charge is -2.18. The third kappa shape index (κ3) is 3.84. The molecule has 0 unspecified atom stereocenters. The molecule has 0 aliphatic heterocycles. The van der Waals surface area contributed by atoms with Crippen molar-refractivity contribution in [2.75, 3.05) is 11.4 Å². The molecule has 8 nitrogen and oxygen atoms in total. The molecular weight excluding hydrogens is 378 g/mol. The number of carbonyl (C=O) groups excluding carboxylic acids is 1. The quantitative estimate of drug-likeness (QED) is 0.344. The van der Waals surface area contributed by atoms with Crippen molar-refractivity contribution in [1.29, 1.82) is 0 Å². The third-order valence-corrected chi connectivity index (χ3v) is 5.08. The van der Waals surface area contributed by atoms with Crippen molar-refractivity contribution in [1.82, 2.24) is 14.8 Å². The number of aromatic nitrogens is 3. The van der Waals surface area contributed by atoms with Crippen LogP contribution in [0, 0.1) is 24.0 Å². The highest BCUT2D eigenvalue weighted by molar-refractivity contribution is 7.14. The first-order chi connectivity index (χ1) is 13.4. The molecule has 0 aliphatic rings. The van der Waals surface area contributed by atoms with Crippen molar-refractivity contribution >= 4 is 28.1 Å². The summed E-state index contributed by atoms with van der Waals surface area (Å²) in [4.78, 5) is 29.7. The Hall–Kier alpha value is -3.33. The van der Waals surface area contributed by atoms with E-state index < -0.39 is 4.92 Å². The average molecular weight is 397 g/mol. The lowest BCUT2D eigenvalue weighted by molar-refractivity contribution is -0.386. The van der Waals surface area contributed by atoms with Gasteiger partial charge in [-0.05, 0) is 13.8 Å². The number of carbonyl (C=O) groups is 1. The number of thiazole rings is 1. The van der Waals surface area contributed by atoms with E-state index in [0.717, 1.165) is 11.3 Å². The number of nitro groups is 1. The van der Waals surface area contributed by atoms with Gasteiger partial charge in [-0.25, -0.2) is 4.98 Å². The normalized spacial score (nSPS) is 10.6. The minimum atomic E-state index is -0.479. The summed E-state index contributed by atoms with van der Waals surface area (Å²) >= 11 is 1.36. The molecule has 0 fully saturated rings. The molecule has 144 valence electrons. The number of anilines is 1. The van der Waals surface area contributed by atoms with Gasteiger partial charge < -0.3 is 0 Å². The SMILES string of the molecule is C=CCN(C(=O)Cn1nc(C)c([N+](=O)[O-])c1C)c1nc(-c2ccccc2)cs1. The van der Waals surface area contributed by atoms with Gasteiger partial charge in [-0.1, -0.05) is 36.4 Å². The van der Waals surface area contributed by atoms with Crippen molar-refractivity contribution < 1.29 is 9.72 Å². The molecule has 0 spiro atoms. The van der Waals surface area contributed by atoms with E-state index >= 15 is 0 Å². The number of aryl methyl sites for hydroxylation is 1. The van der Waals surface area contributed by atoms with Gasteiger partial charge in [0, 0.05) is 17.5 Å². The van der Waals surface area contributed by atoms with Gasteiger partial charge in [-0.15, -0.1) is 17.9 Å². The summed E-state index contributed by atoms with van der Waals surface area (Å²) in [6.45, 7) is 7.01. The molecule has 1 amide bonds. The van der Waals surface area contributed by atoms with Crippen LogP contribution < -0.4 is 4.90 Å². The molecular formula is C19H19N5O3S. The summed E-state index contributed by atoms with van der Waals surface area (Å²) in [5, 5.41) is 17.7. The number of benzene rings is 1. The summed E-state index contributed by atoms with van der Waals surface area (Å²) in [7, 11) is 0. The molecule has 3 aromatic rings. The maximum absolute atomic E-state index is 12.9. The largest absolute Gasteiger partial charge is 0.312 e. The fraction of sp³-hybridized carbons (Fsp3) is 0.211. The van der Waals surface area contributed by atoms with Gasteiger partial charge in [0.05, 0.1) is 10.6 Å². The van der Waals surface area contributed by atoms with Crippen LogP contribution in [0.25, 0.3) is 11.3 Å². The van der Waals surface area contributed by atoms with Gasteiger partial charge in [-0.2, -0.15) is 5.10 Å². The predicted molar refractivity (Wildman–Crippen MR) is 108 cm³/mol. The van der Waals surface area contributed by atoms with Gasteiger partial charge in [0.2, 0.25) is 0 Å². The monoisotopic (exact) mass is 397 g/mol. The highest BCUT2D eigenvalue weighted by Crippen LogP contribution is 2.28. The van der Waals surface area contributed by atoms with Gasteiger partial charge in [0.25, 0.3) is 5.91 Å². The zero-order chi connectivity index (χ0) is 20.3. The van der Waals surface area contributed by atoms with Crippen molar-refractivity contribution in [2.24, 2.45) is 0 Å². The smallest absolute Gasteiger partial charge is 0.283 e. The first kappa shape index (κ1) is 19.4. The molecule has 28 heavy (non-hydrogen) atoms. The van der Waals surface area contributed by atoms with E-state index in [2.05, 4.69) is 16.7 Å². The van der Waals surface area contributed by atoms with E-state index in [0.29, 0.717) is 10.8 Å². The van der Waals surface area contributed by atoms with Gasteiger partial charge in [-0.3, -0.25) is 24.5 Å². The van der Waals surface area contributed by atoms with Crippen LogP contribution in [0.1, 0.15) is 11.4 Å². The maximum atomic E-state index is 12.9. The van der Waals surface area contributed by atoms with E-state index in [4.69, 9.17) is 0 Å². The number of rotatable bonds is 7. The molecule has 1 aromatic carbocycles. The van der Waals surface area contributed by atoms with Crippen LogP contribution in [0.2, 0.25) is 0 Å². The van der Waals surface area contributed by atoms with Crippen molar-refractivity contribution in [3.8, 4) is 11.3 Å². The number of hydrogen-bond donors (Lipinski definition) is 0. The highest BCUT2D eigenvalue weighted by atomic mass is 32.1. The molecule has 0 N–H and O–H groups in total. The predicted octanol–water partition coefficient (Wildman–Crippen LogP) is 3.75. The third-order valence-electron chi connectivity index (χ3n) is 4.22. The summed E-state index contributed by atoms with van der Waals surface area (Å²) < 4.78 is 1.36. The number of nitrogens with zero attached hydrogens (tertiary/aromatic N) is 5. The fourth-order valence-corrected chi connectivity index (χ4v) is 3.73. The van der Waals surface area contributed by atoms with Crippen LogP contribution in [0.4, 0.5) is 10.8 Å². The zero-order valence-electron chi connectivity index (χ0n) is 15.5. The summed E-state index contributed by atoms with van der Waals surface area (Å²) in [6.07, 6.45) is 1.62. The minimum Gasteiger partial charge on any atom is -0.283 e. The second-order valence-corrected chi connectivity index (χ2v) is 6.95. The van der Waals surface area contributed by atoms with Gasteiger partial charge >= 0.3 is 5.69 Å². The Morgan fingerprint density at radius 2 is 2.07 bits per heavy atom. The molecule has 0 bridgehead atoms. The first-order valence-electron chi connectivity index (χ1n) is 8.53. The lowest BCUT2D eigenvalue weighted by atomic mass is 10.2. The number of hydrogen-bond acceptors (Lipinski definition) is 6. The molecule has 0 saturated carbocycles. The Balaban J connectivity index is 1.86. The van der Waals surface area contributed by atoms with Crippen molar-refractivity contribution in [2.45, 2.75) is 20.4 Å². The van der Waals surface area contributed by atoms with Gasteiger partial charge in [0.1, 0.15) is 17.9 Å². The standard InChI is InChI=1S/C19H19N5O3S/c1-4-10-22(19-20-16(12-28-19)15-8-6-5-7-9-15)17(25)11-23-14(3)18(24(26)27)13(2)21-23/h4-9,12H,1,10-11H2,2-3H3. The fourth-order valence-electron chi connectivity index (χ4n) is 2.86. The van der Waals surface area contributed by atoms with E-state index in [1.807, 2.05) is 35.7 Å². The van der Waals surface area contributed by atoms with Crippen LogP contribution >= 0.6 is 11.3 Å². The highest BCUT2D eigenvalue weighted by Gasteiger charge is 2.25. The molecule has 0 atom stereocenters. The van der Waals surface area contributed by atoms with Crippen LogP contribution in [0.3, 0.4) is 0 Å². The maximum Gasteiger partial charge on any atom is 0.312 e. The van der Waals surface area contributed by atoms with E-state index in [1.165, 1.54) is 20.9 Å². The van der Waals surface area contributed by atoms with Crippen LogP contribution in [-0.2, 0) is 11.3 Å². The molecule has 0 aliphatic carbocycles. The molecule has 3 rings (SSSR count). The zero-order valence-corrected chi connectivity index (χ0v) is 16.3. The molecule has 2 heterocycles. The summed E-state index contributed by atoms with van der Waals surface area (Å²) in [6, 6.07) is 9.69. The second-order valence-electron chi connectivity index (χ2n) is 6.11. The summed E-state index contributed by atoms with van der Waals surface area (Å²) in [5.41, 5.74) is 2.31. The van der Waals surface area contributed by atoms with Crippen LogP contribution in [0.5, 0.6) is 0 Å². The Morgan fingerprint density at radius 1 is 1.36 bits per heavy atom. The summed E-state index contributed by atoms with van der Waals surface area (Å²) in [5.74, 6) is -0.269. The molecule has 0 radical (unpaired) electrons. The molecule has 0 saturated heterocycles. The minimum absolute atomic E-state index is 0.0660. The first-order valence-corrected chi connectivity index (χ1v) is 9.41. The van der Waals surface area contributed by atoms with Crippen molar-refractivity contribution in [3.63, 3.8) is 0 Å². The Bertz CT molecular complexity index is 1030. The molecule has 2 aromatic heterocycles.